The molecule has 1 heterocycles. The minimum absolute atomic E-state index is 0.165. The summed E-state index contributed by atoms with van der Waals surface area (Å²) in [6.07, 6.45) is 0. The number of aromatic nitrogens is 2. The van der Waals surface area contributed by atoms with Crippen molar-refractivity contribution in [3.63, 3.8) is 0 Å². The number of carbonyl (C=O) groups excluding carboxylic acids is 1. The van der Waals surface area contributed by atoms with Crippen molar-refractivity contribution < 1.29 is 14.3 Å². The number of halogens is 2. The summed E-state index contributed by atoms with van der Waals surface area (Å²) in [5.41, 5.74) is 2.88. The number of hydrogen-bond donors (Lipinski definition) is 2. The molecule has 1 aromatic heterocycles. The number of rotatable bonds is 5. The van der Waals surface area contributed by atoms with Gasteiger partial charge in [-0.25, -0.2) is 9.07 Å². The summed E-state index contributed by atoms with van der Waals surface area (Å²) in [5, 5.41) is 18.8. The van der Waals surface area contributed by atoms with Crippen molar-refractivity contribution in [3.05, 3.63) is 83.1 Å². The Hall–Kier alpha value is -3.22. The van der Waals surface area contributed by atoms with Crippen LogP contribution in [0, 0.1) is 11.2 Å². The van der Waals surface area contributed by atoms with Gasteiger partial charge in [-0.15, -0.1) is 0 Å². The van der Waals surface area contributed by atoms with Gasteiger partial charge in [0, 0.05) is 16.5 Å². The highest BCUT2D eigenvalue weighted by molar-refractivity contribution is 6.33. The Morgan fingerprint density at radius 3 is 2.45 bits per heavy atom. The molecule has 4 aromatic rings. The molecule has 0 aliphatic rings. The SMILES string of the molecule is CC(C)(C)[C@@H](CO)NC(=O)c1ccc2c(-c3ccccc3Cl)nn(-c3ccc(F)cc3)c2c1. The largest absolute Gasteiger partial charge is 0.394 e. The topological polar surface area (TPSA) is 67.2 Å². The van der Waals surface area contributed by atoms with E-state index in [1.54, 1.807) is 35.0 Å². The minimum Gasteiger partial charge on any atom is -0.394 e. The summed E-state index contributed by atoms with van der Waals surface area (Å²) < 4.78 is 15.2. The fraction of sp³-hybridized carbons (Fsp3) is 0.231. The smallest absolute Gasteiger partial charge is 0.251 e. The zero-order valence-corrected chi connectivity index (χ0v) is 19.4. The minimum atomic E-state index is -0.401. The second kappa shape index (κ2) is 8.96. The molecule has 4 rings (SSSR count). The first-order valence-electron chi connectivity index (χ1n) is 10.6. The number of aliphatic hydroxyl groups excluding tert-OH is 1. The quantitative estimate of drug-likeness (QED) is 0.402. The van der Waals surface area contributed by atoms with Crippen molar-refractivity contribution in [3.8, 4) is 16.9 Å². The van der Waals surface area contributed by atoms with Crippen LogP contribution in [0.3, 0.4) is 0 Å². The van der Waals surface area contributed by atoms with Gasteiger partial charge in [-0.05, 0) is 53.9 Å². The zero-order chi connectivity index (χ0) is 23.8. The lowest BCUT2D eigenvalue weighted by molar-refractivity contribution is 0.0848. The van der Waals surface area contributed by atoms with Crippen LogP contribution in [0.5, 0.6) is 0 Å². The summed E-state index contributed by atoms with van der Waals surface area (Å²) >= 11 is 6.45. The molecule has 0 aliphatic carbocycles. The maximum Gasteiger partial charge on any atom is 0.251 e. The average molecular weight is 466 g/mol. The van der Waals surface area contributed by atoms with Crippen LogP contribution in [-0.4, -0.2) is 33.4 Å². The molecule has 0 saturated heterocycles. The maximum absolute atomic E-state index is 13.5. The van der Waals surface area contributed by atoms with Crippen molar-refractivity contribution in [2.75, 3.05) is 6.61 Å². The number of nitrogens with one attached hydrogen (secondary N) is 1. The van der Waals surface area contributed by atoms with Gasteiger partial charge in [0.25, 0.3) is 5.91 Å². The van der Waals surface area contributed by atoms with Gasteiger partial charge in [0.05, 0.1) is 28.9 Å². The Kier molecular flexibility index (Phi) is 6.23. The lowest BCUT2D eigenvalue weighted by Crippen LogP contribution is -2.46. The van der Waals surface area contributed by atoms with Gasteiger partial charge < -0.3 is 10.4 Å². The van der Waals surface area contributed by atoms with Crippen LogP contribution < -0.4 is 5.32 Å². The monoisotopic (exact) mass is 465 g/mol. The summed E-state index contributed by atoms with van der Waals surface area (Å²) in [4.78, 5) is 13.0. The predicted molar refractivity (Wildman–Crippen MR) is 129 cm³/mol. The number of hydrogen-bond acceptors (Lipinski definition) is 3. The highest BCUT2D eigenvalue weighted by Gasteiger charge is 2.26. The fourth-order valence-electron chi connectivity index (χ4n) is 3.67. The van der Waals surface area contributed by atoms with Gasteiger partial charge in [0.1, 0.15) is 11.5 Å². The Morgan fingerprint density at radius 1 is 1.12 bits per heavy atom. The van der Waals surface area contributed by atoms with Gasteiger partial charge in [0.15, 0.2) is 0 Å². The van der Waals surface area contributed by atoms with Crippen LogP contribution >= 0.6 is 11.6 Å². The Labute approximate surface area is 196 Å². The van der Waals surface area contributed by atoms with Gasteiger partial charge >= 0.3 is 0 Å². The van der Waals surface area contributed by atoms with Crippen LogP contribution in [0.1, 0.15) is 31.1 Å². The summed E-state index contributed by atoms with van der Waals surface area (Å²) in [6, 6.07) is 18.3. The summed E-state index contributed by atoms with van der Waals surface area (Å²) in [6.45, 7) is 5.70. The van der Waals surface area contributed by atoms with E-state index < -0.39 is 6.04 Å². The average Bonchev–Trinajstić information content (AvgIpc) is 3.16. The van der Waals surface area contributed by atoms with Crippen LogP contribution in [0.15, 0.2) is 66.7 Å². The second-order valence-corrected chi connectivity index (χ2v) is 9.43. The standard InChI is InChI=1S/C26H25ClFN3O2/c1-26(2,3)23(15-32)29-25(33)16-8-13-20-22(14-16)31(18-11-9-17(28)10-12-18)30-24(20)19-6-4-5-7-21(19)27/h4-14,23,32H,15H2,1-3H3,(H,29,33)/t23-/m1/s1. The molecule has 0 radical (unpaired) electrons. The molecular formula is C26H25ClFN3O2. The van der Waals surface area contributed by atoms with E-state index in [2.05, 4.69) is 5.32 Å². The van der Waals surface area contributed by atoms with Gasteiger partial charge in [0.2, 0.25) is 0 Å². The lowest BCUT2D eigenvalue weighted by atomic mass is 9.87. The van der Waals surface area contributed by atoms with E-state index in [4.69, 9.17) is 16.7 Å². The number of nitrogens with zero attached hydrogens (tertiary/aromatic N) is 2. The van der Waals surface area contributed by atoms with Crippen molar-refractivity contribution in [1.29, 1.82) is 0 Å². The van der Waals surface area contributed by atoms with E-state index in [9.17, 15) is 14.3 Å². The molecular weight excluding hydrogens is 441 g/mol. The van der Waals surface area contributed by atoms with E-state index >= 15 is 0 Å². The Balaban J connectivity index is 1.86. The molecule has 0 fully saturated rings. The molecule has 0 spiro atoms. The molecule has 1 amide bonds. The number of fused-ring (bicyclic) bond motifs is 1. The lowest BCUT2D eigenvalue weighted by Gasteiger charge is -2.29. The predicted octanol–water partition coefficient (Wildman–Crippen LogP) is 5.62. The van der Waals surface area contributed by atoms with Crippen LogP contribution in [-0.2, 0) is 0 Å². The third kappa shape index (κ3) is 4.63. The normalized spacial score (nSPS) is 12.7. The van der Waals surface area contributed by atoms with Crippen molar-refractivity contribution in [1.82, 2.24) is 15.1 Å². The first kappa shape index (κ1) is 23.0. The molecule has 1 atom stereocenters. The van der Waals surface area contributed by atoms with Gasteiger partial charge in [-0.3, -0.25) is 4.79 Å². The fourth-order valence-corrected chi connectivity index (χ4v) is 3.89. The van der Waals surface area contributed by atoms with Crippen molar-refractivity contribution in [2.45, 2.75) is 26.8 Å². The molecule has 5 nitrogen and oxygen atoms in total. The van der Waals surface area contributed by atoms with Gasteiger partial charge in [-0.2, -0.15) is 5.10 Å². The number of carbonyl (C=O) groups is 1. The zero-order valence-electron chi connectivity index (χ0n) is 18.6. The first-order valence-corrected chi connectivity index (χ1v) is 11.0. The number of benzene rings is 3. The molecule has 0 aliphatic heterocycles. The molecule has 3 aromatic carbocycles. The molecule has 2 N–H and O–H groups in total. The molecule has 170 valence electrons. The van der Waals surface area contributed by atoms with Crippen LogP contribution in [0.25, 0.3) is 27.8 Å². The molecule has 0 saturated carbocycles. The third-order valence-electron chi connectivity index (χ3n) is 5.68. The second-order valence-electron chi connectivity index (χ2n) is 9.02. The Morgan fingerprint density at radius 2 is 1.82 bits per heavy atom. The van der Waals surface area contributed by atoms with Crippen LogP contribution in [0.2, 0.25) is 5.02 Å². The van der Waals surface area contributed by atoms with E-state index in [-0.39, 0.29) is 23.7 Å². The Bertz CT molecular complexity index is 1310. The molecule has 33 heavy (non-hydrogen) atoms. The molecule has 7 heteroatoms. The third-order valence-corrected chi connectivity index (χ3v) is 6.01. The van der Waals surface area contributed by atoms with Crippen LogP contribution in [0.4, 0.5) is 4.39 Å². The summed E-state index contributed by atoms with van der Waals surface area (Å²) in [5.74, 6) is -0.643. The van der Waals surface area contributed by atoms with E-state index in [1.807, 2.05) is 45.0 Å². The number of aliphatic hydroxyl groups is 1. The van der Waals surface area contributed by atoms with E-state index in [0.29, 0.717) is 27.5 Å². The van der Waals surface area contributed by atoms with E-state index in [1.165, 1.54) is 12.1 Å². The number of amides is 1. The first-order chi connectivity index (χ1) is 15.7. The maximum atomic E-state index is 13.5. The molecule has 0 bridgehead atoms. The summed E-state index contributed by atoms with van der Waals surface area (Å²) in [7, 11) is 0. The van der Waals surface area contributed by atoms with Crippen molar-refractivity contribution >= 4 is 28.4 Å². The van der Waals surface area contributed by atoms with Crippen molar-refractivity contribution in [2.24, 2.45) is 5.41 Å². The van der Waals surface area contributed by atoms with E-state index in [0.717, 1.165) is 10.9 Å². The highest BCUT2D eigenvalue weighted by Crippen LogP contribution is 2.34. The van der Waals surface area contributed by atoms with Gasteiger partial charge in [-0.1, -0.05) is 50.6 Å². The highest BCUT2D eigenvalue weighted by atomic mass is 35.5. The molecule has 0 unspecified atom stereocenters.